The lowest BCUT2D eigenvalue weighted by molar-refractivity contribution is 0.286. The van der Waals surface area contributed by atoms with Crippen LogP contribution in [0.25, 0.3) is 0 Å². The third-order valence-electron chi connectivity index (χ3n) is 3.10. The smallest absolute Gasteiger partial charge is 0.0434 e. The molecule has 0 fully saturated rings. The zero-order valence-corrected chi connectivity index (χ0v) is 10.9. The molecular formula is C15H24O3. The Morgan fingerprint density at radius 3 is 1.83 bits per heavy atom. The van der Waals surface area contributed by atoms with Crippen LogP contribution in [0.5, 0.6) is 0 Å². The Morgan fingerprint density at radius 1 is 0.667 bits per heavy atom. The van der Waals surface area contributed by atoms with Gasteiger partial charge in [0, 0.05) is 19.8 Å². The molecule has 0 saturated heterocycles. The number of hydrogen-bond acceptors (Lipinski definition) is 3. The standard InChI is InChI=1S/C15H24O3/c16-9-1-4-13-7-8-14(5-2-10-17)15(12-13)6-3-11-18/h7-8,12,16-18H,1-6,9-11H2. The second kappa shape index (κ2) is 9.09. The van der Waals surface area contributed by atoms with E-state index >= 15 is 0 Å². The van der Waals surface area contributed by atoms with Gasteiger partial charge in [0.05, 0.1) is 0 Å². The summed E-state index contributed by atoms with van der Waals surface area (Å²) in [5.41, 5.74) is 3.78. The van der Waals surface area contributed by atoms with Crippen molar-refractivity contribution in [3.05, 3.63) is 34.9 Å². The highest BCUT2D eigenvalue weighted by molar-refractivity contribution is 5.32. The van der Waals surface area contributed by atoms with Gasteiger partial charge in [-0.2, -0.15) is 0 Å². The number of benzene rings is 1. The monoisotopic (exact) mass is 252 g/mol. The van der Waals surface area contributed by atoms with Gasteiger partial charge in [0.25, 0.3) is 0 Å². The van der Waals surface area contributed by atoms with Gasteiger partial charge in [-0.3, -0.25) is 0 Å². The molecule has 1 aromatic carbocycles. The summed E-state index contributed by atoms with van der Waals surface area (Å²) in [5, 5.41) is 26.7. The number of aliphatic hydroxyl groups excluding tert-OH is 3. The van der Waals surface area contributed by atoms with Gasteiger partial charge in [0.1, 0.15) is 0 Å². The third kappa shape index (κ3) is 5.17. The Morgan fingerprint density at radius 2 is 1.22 bits per heavy atom. The highest BCUT2D eigenvalue weighted by Crippen LogP contribution is 2.17. The fourth-order valence-corrected chi connectivity index (χ4v) is 2.13. The molecule has 1 aromatic rings. The fraction of sp³-hybridized carbons (Fsp3) is 0.600. The molecule has 102 valence electrons. The molecule has 0 aliphatic rings. The first-order valence-corrected chi connectivity index (χ1v) is 6.75. The van der Waals surface area contributed by atoms with Crippen molar-refractivity contribution in [1.82, 2.24) is 0 Å². The summed E-state index contributed by atoms with van der Waals surface area (Å²) in [6.45, 7) is 0.643. The van der Waals surface area contributed by atoms with Crippen molar-refractivity contribution in [3.63, 3.8) is 0 Å². The van der Waals surface area contributed by atoms with Gasteiger partial charge in [-0.15, -0.1) is 0 Å². The molecule has 0 aromatic heterocycles. The van der Waals surface area contributed by atoms with Gasteiger partial charge in [-0.1, -0.05) is 18.2 Å². The topological polar surface area (TPSA) is 60.7 Å². The fourth-order valence-electron chi connectivity index (χ4n) is 2.13. The summed E-state index contributed by atoms with van der Waals surface area (Å²) >= 11 is 0. The van der Waals surface area contributed by atoms with Crippen LogP contribution in [0.3, 0.4) is 0 Å². The molecule has 0 atom stereocenters. The van der Waals surface area contributed by atoms with E-state index in [9.17, 15) is 0 Å². The van der Waals surface area contributed by atoms with Crippen molar-refractivity contribution >= 4 is 0 Å². The van der Waals surface area contributed by atoms with E-state index in [0.29, 0.717) is 0 Å². The van der Waals surface area contributed by atoms with E-state index in [1.54, 1.807) is 0 Å². The minimum atomic E-state index is 0.209. The van der Waals surface area contributed by atoms with Gasteiger partial charge >= 0.3 is 0 Å². The zero-order chi connectivity index (χ0) is 13.2. The van der Waals surface area contributed by atoms with Crippen LogP contribution in [0, 0.1) is 0 Å². The number of aryl methyl sites for hydroxylation is 3. The summed E-state index contributed by atoms with van der Waals surface area (Å²) in [7, 11) is 0. The van der Waals surface area contributed by atoms with Gasteiger partial charge in [-0.05, 0) is 55.2 Å². The van der Waals surface area contributed by atoms with Gasteiger partial charge in [0.2, 0.25) is 0 Å². The summed E-state index contributed by atoms with van der Waals surface area (Å²) < 4.78 is 0. The molecule has 0 amide bonds. The zero-order valence-electron chi connectivity index (χ0n) is 10.9. The molecule has 18 heavy (non-hydrogen) atoms. The normalized spacial score (nSPS) is 10.8. The van der Waals surface area contributed by atoms with Crippen molar-refractivity contribution in [1.29, 1.82) is 0 Å². The van der Waals surface area contributed by atoms with E-state index < -0.39 is 0 Å². The minimum absolute atomic E-state index is 0.209. The summed E-state index contributed by atoms with van der Waals surface area (Å²) in [4.78, 5) is 0. The quantitative estimate of drug-likeness (QED) is 0.623. The van der Waals surface area contributed by atoms with Crippen molar-refractivity contribution in [2.24, 2.45) is 0 Å². The molecule has 0 bridgehead atoms. The van der Waals surface area contributed by atoms with Crippen molar-refractivity contribution in [3.8, 4) is 0 Å². The minimum Gasteiger partial charge on any atom is -0.396 e. The summed E-state index contributed by atoms with van der Waals surface area (Å²) in [6, 6.07) is 6.40. The molecule has 3 nitrogen and oxygen atoms in total. The summed E-state index contributed by atoms with van der Waals surface area (Å²) in [5.74, 6) is 0. The van der Waals surface area contributed by atoms with Crippen molar-refractivity contribution < 1.29 is 15.3 Å². The highest BCUT2D eigenvalue weighted by atomic mass is 16.3. The second-order valence-electron chi connectivity index (χ2n) is 4.58. The number of aliphatic hydroxyl groups is 3. The van der Waals surface area contributed by atoms with E-state index in [-0.39, 0.29) is 19.8 Å². The lowest BCUT2D eigenvalue weighted by atomic mass is 9.95. The molecule has 0 heterocycles. The van der Waals surface area contributed by atoms with Crippen LogP contribution < -0.4 is 0 Å². The van der Waals surface area contributed by atoms with Crippen LogP contribution in [0.2, 0.25) is 0 Å². The maximum absolute atomic E-state index is 8.93. The van der Waals surface area contributed by atoms with Crippen LogP contribution in [0.4, 0.5) is 0 Å². The Bertz CT molecular complexity index is 337. The Balaban J connectivity index is 2.74. The predicted octanol–water partition coefficient (Wildman–Crippen LogP) is 1.46. The molecule has 3 N–H and O–H groups in total. The third-order valence-corrected chi connectivity index (χ3v) is 3.10. The molecule has 0 unspecified atom stereocenters. The van der Waals surface area contributed by atoms with Gasteiger partial charge in [-0.25, -0.2) is 0 Å². The Hall–Kier alpha value is -0.900. The molecule has 1 rings (SSSR count). The molecule has 0 radical (unpaired) electrons. The van der Waals surface area contributed by atoms with Crippen LogP contribution in [-0.4, -0.2) is 35.1 Å². The molecule has 0 aliphatic carbocycles. The van der Waals surface area contributed by atoms with E-state index in [1.165, 1.54) is 16.7 Å². The maximum atomic E-state index is 8.93. The largest absolute Gasteiger partial charge is 0.396 e. The molecule has 3 heteroatoms. The van der Waals surface area contributed by atoms with Crippen LogP contribution >= 0.6 is 0 Å². The lowest BCUT2D eigenvalue weighted by Gasteiger charge is -2.11. The van der Waals surface area contributed by atoms with Crippen LogP contribution in [0.15, 0.2) is 18.2 Å². The van der Waals surface area contributed by atoms with Gasteiger partial charge in [0.15, 0.2) is 0 Å². The lowest BCUT2D eigenvalue weighted by Crippen LogP contribution is -2.00. The first-order chi connectivity index (χ1) is 8.81. The maximum Gasteiger partial charge on any atom is 0.0434 e. The Kier molecular flexibility index (Phi) is 7.65. The van der Waals surface area contributed by atoms with Crippen LogP contribution in [0.1, 0.15) is 36.0 Å². The van der Waals surface area contributed by atoms with E-state index in [2.05, 4.69) is 18.2 Å². The molecular weight excluding hydrogens is 228 g/mol. The molecule has 0 spiro atoms. The molecule has 0 aliphatic heterocycles. The average molecular weight is 252 g/mol. The first kappa shape index (κ1) is 15.2. The first-order valence-electron chi connectivity index (χ1n) is 6.75. The molecule has 0 saturated carbocycles. The number of hydrogen-bond donors (Lipinski definition) is 3. The van der Waals surface area contributed by atoms with E-state index in [0.717, 1.165) is 38.5 Å². The predicted molar refractivity (Wildman–Crippen MR) is 72.7 cm³/mol. The SMILES string of the molecule is OCCCc1ccc(CCCO)c(CCCO)c1. The van der Waals surface area contributed by atoms with Crippen LogP contribution in [-0.2, 0) is 19.3 Å². The number of rotatable bonds is 9. The second-order valence-corrected chi connectivity index (χ2v) is 4.58. The highest BCUT2D eigenvalue weighted by Gasteiger charge is 2.04. The van der Waals surface area contributed by atoms with E-state index in [1.807, 2.05) is 0 Å². The van der Waals surface area contributed by atoms with Gasteiger partial charge < -0.3 is 15.3 Å². The van der Waals surface area contributed by atoms with Crippen molar-refractivity contribution in [2.45, 2.75) is 38.5 Å². The van der Waals surface area contributed by atoms with E-state index in [4.69, 9.17) is 15.3 Å². The summed E-state index contributed by atoms with van der Waals surface area (Å²) in [6.07, 6.45) is 5.00. The Labute approximate surface area is 109 Å². The van der Waals surface area contributed by atoms with Crippen molar-refractivity contribution in [2.75, 3.05) is 19.8 Å². The average Bonchev–Trinajstić information content (AvgIpc) is 2.41.